The minimum absolute atomic E-state index is 0.271. The summed E-state index contributed by atoms with van der Waals surface area (Å²) < 4.78 is 25.4. The van der Waals surface area contributed by atoms with Crippen molar-refractivity contribution in [2.75, 3.05) is 92.1 Å². The Labute approximate surface area is 270 Å². The van der Waals surface area contributed by atoms with E-state index in [2.05, 4.69) is 51.3 Å². The SMILES string of the molecule is CCCCCCCCCCOCC(COCCCCCCCCCC)(COCCN(CC)CC)COCCN(CC)CC. The maximum atomic E-state index is 6.37. The molecule has 0 atom stereocenters. The average Bonchev–Trinajstić information content (AvgIpc) is 3.03. The maximum Gasteiger partial charge on any atom is 0.0637 e. The van der Waals surface area contributed by atoms with Crippen LogP contribution in [-0.4, -0.2) is 102 Å². The van der Waals surface area contributed by atoms with Crippen LogP contribution < -0.4 is 0 Å². The molecule has 0 amide bonds. The minimum Gasteiger partial charge on any atom is -0.381 e. The van der Waals surface area contributed by atoms with E-state index in [0.717, 1.165) is 78.5 Å². The molecule has 0 N–H and O–H groups in total. The second-order valence-corrected chi connectivity index (χ2v) is 12.7. The Morgan fingerprint density at radius 2 is 0.628 bits per heavy atom. The third-order valence-corrected chi connectivity index (χ3v) is 8.81. The fourth-order valence-corrected chi connectivity index (χ4v) is 5.55. The van der Waals surface area contributed by atoms with Crippen molar-refractivity contribution < 1.29 is 18.9 Å². The zero-order valence-corrected chi connectivity index (χ0v) is 30.2. The van der Waals surface area contributed by atoms with Crippen LogP contribution in [0.15, 0.2) is 0 Å². The molecule has 6 nitrogen and oxygen atoms in total. The molecule has 0 radical (unpaired) electrons. The van der Waals surface area contributed by atoms with E-state index in [4.69, 9.17) is 18.9 Å². The lowest BCUT2D eigenvalue weighted by molar-refractivity contribution is -0.109. The van der Waals surface area contributed by atoms with Crippen molar-refractivity contribution in [1.82, 2.24) is 9.80 Å². The molecule has 260 valence electrons. The molecule has 0 aromatic rings. The van der Waals surface area contributed by atoms with Crippen LogP contribution in [0.1, 0.15) is 144 Å². The molecule has 6 heteroatoms. The van der Waals surface area contributed by atoms with Crippen molar-refractivity contribution in [3.05, 3.63) is 0 Å². The predicted molar refractivity (Wildman–Crippen MR) is 187 cm³/mol. The molecule has 0 aliphatic rings. The van der Waals surface area contributed by atoms with E-state index in [9.17, 15) is 0 Å². The average molecular weight is 615 g/mol. The van der Waals surface area contributed by atoms with Crippen molar-refractivity contribution in [1.29, 1.82) is 0 Å². The molecule has 0 fully saturated rings. The Hall–Kier alpha value is -0.240. The molecule has 0 aromatic carbocycles. The van der Waals surface area contributed by atoms with Crippen molar-refractivity contribution in [2.24, 2.45) is 5.41 Å². The number of hydrogen-bond acceptors (Lipinski definition) is 6. The zero-order valence-electron chi connectivity index (χ0n) is 30.2. The number of ether oxygens (including phenoxy) is 4. The second kappa shape index (κ2) is 33.1. The third kappa shape index (κ3) is 26.7. The lowest BCUT2D eigenvalue weighted by Crippen LogP contribution is -2.43. The standard InChI is InChI=1S/C37H78N2O4/c1-7-13-15-17-19-21-23-25-29-40-33-37(35-42-31-27-38(9-3)10-4,36-43-32-28-39(11-5)12-6)34-41-30-26-24-22-20-18-16-14-8-2/h7-36H2,1-6H3. The topological polar surface area (TPSA) is 43.4 Å². The summed E-state index contributed by atoms with van der Waals surface area (Å²) in [6, 6.07) is 0. The van der Waals surface area contributed by atoms with Gasteiger partial charge in [0.25, 0.3) is 0 Å². The maximum absolute atomic E-state index is 6.37. The summed E-state index contributed by atoms with van der Waals surface area (Å²) in [5.74, 6) is 0. The van der Waals surface area contributed by atoms with E-state index in [-0.39, 0.29) is 5.41 Å². The highest BCUT2D eigenvalue weighted by Gasteiger charge is 2.32. The monoisotopic (exact) mass is 615 g/mol. The van der Waals surface area contributed by atoms with Gasteiger partial charge in [0.05, 0.1) is 45.1 Å². The van der Waals surface area contributed by atoms with Gasteiger partial charge in [-0.3, -0.25) is 0 Å². The van der Waals surface area contributed by atoms with E-state index in [1.165, 1.54) is 89.9 Å². The van der Waals surface area contributed by atoms with E-state index in [1.807, 2.05) is 0 Å². The van der Waals surface area contributed by atoms with Gasteiger partial charge in [0, 0.05) is 26.3 Å². The highest BCUT2D eigenvalue weighted by molar-refractivity contribution is 4.80. The Morgan fingerprint density at radius 3 is 0.930 bits per heavy atom. The minimum atomic E-state index is -0.271. The fraction of sp³-hybridized carbons (Fsp3) is 1.00. The van der Waals surface area contributed by atoms with Gasteiger partial charge in [-0.25, -0.2) is 0 Å². The van der Waals surface area contributed by atoms with Crippen LogP contribution in [0.25, 0.3) is 0 Å². The van der Waals surface area contributed by atoms with Crippen molar-refractivity contribution >= 4 is 0 Å². The van der Waals surface area contributed by atoms with Gasteiger partial charge in [-0.05, 0) is 39.0 Å². The summed E-state index contributed by atoms with van der Waals surface area (Å²) in [5.41, 5.74) is -0.271. The second-order valence-electron chi connectivity index (χ2n) is 12.7. The Kier molecular flexibility index (Phi) is 32.9. The lowest BCUT2D eigenvalue weighted by Gasteiger charge is -2.33. The van der Waals surface area contributed by atoms with Gasteiger partial charge < -0.3 is 28.7 Å². The first kappa shape index (κ1) is 42.8. The number of unbranched alkanes of at least 4 members (excludes halogenated alkanes) is 14. The molecule has 0 aliphatic heterocycles. The highest BCUT2D eigenvalue weighted by Crippen LogP contribution is 2.22. The molecule has 0 rings (SSSR count). The predicted octanol–water partition coefficient (Wildman–Crippen LogP) is 9.00. The number of rotatable bonds is 36. The molecule has 0 aliphatic carbocycles. The largest absolute Gasteiger partial charge is 0.381 e. The quantitative estimate of drug-likeness (QED) is 0.0656. The Balaban J connectivity index is 4.94. The van der Waals surface area contributed by atoms with Crippen molar-refractivity contribution in [3.8, 4) is 0 Å². The smallest absolute Gasteiger partial charge is 0.0637 e. The van der Waals surface area contributed by atoms with Crippen LogP contribution in [-0.2, 0) is 18.9 Å². The molecule has 0 bridgehead atoms. The third-order valence-electron chi connectivity index (χ3n) is 8.81. The molecule has 0 unspecified atom stereocenters. The fourth-order valence-electron chi connectivity index (χ4n) is 5.55. The lowest BCUT2D eigenvalue weighted by atomic mass is 9.92. The van der Waals surface area contributed by atoms with Gasteiger partial charge >= 0.3 is 0 Å². The highest BCUT2D eigenvalue weighted by atomic mass is 16.5. The van der Waals surface area contributed by atoms with Gasteiger partial charge in [0.15, 0.2) is 0 Å². The van der Waals surface area contributed by atoms with Crippen LogP contribution in [0.5, 0.6) is 0 Å². The van der Waals surface area contributed by atoms with E-state index >= 15 is 0 Å². The van der Waals surface area contributed by atoms with Gasteiger partial charge in [-0.1, -0.05) is 131 Å². The summed E-state index contributed by atoms with van der Waals surface area (Å²) in [4.78, 5) is 4.83. The summed E-state index contributed by atoms with van der Waals surface area (Å²) in [5, 5.41) is 0. The van der Waals surface area contributed by atoms with Gasteiger partial charge in [0.1, 0.15) is 0 Å². The van der Waals surface area contributed by atoms with Crippen LogP contribution in [0.2, 0.25) is 0 Å². The van der Waals surface area contributed by atoms with Gasteiger partial charge in [-0.15, -0.1) is 0 Å². The van der Waals surface area contributed by atoms with Crippen molar-refractivity contribution in [2.45, 2.75) is 144 Å². The first-order valence-electron chi connectivity index (χ1n) is 18.9. The molecular formula is C37H78N2O4. The molecule has 43 heavy (non-hydrogen) atoms. The Bertz CT molecular complexity index is 483. The first-order chi connectivity index (χ1) is 21.1. The van der Waals surface area contributed by atoms with Crippen LogP contribution in [0.3, 0.4) is 0 Å². The van der Waals surface area contributed by atoms with E-state index in [1.54, 1.807) is 0 Å². The molecule has 0 saturated carbocycles. The van der Waals surface area contributed by atoms with Gasteiger partial charge in [-0.2, -0.15) is 0 Å². The van der Waals surface area contributed by atoms with Crippen molar-refractivity contribution in [3.63, 3.8) is 0 Å². The molecule has 0 spiro atoms. The van der Waals surface area contributed by atoms with Crippen LogP contribution in [0.4, 0.5) is 0 Å². The van der Waals surface area contributed by atoms with Crippen LogP contribution >= 0.6 is 0 Å². The zero-order chi connectivity index (χ0) is 31.7. The number of nitrogens with zero attached hydrogens (tertiary/aromatic N) is 2. The summed E-state index contributed by atoms with van der Waals surface area (Å²) >= 11 is 0. The van der Waals surface area contributed by atoms with E-state index < -0.39 is 0 Å². The first-order valence-corrected chi connectivity index (χ1v) is 18.9. The van der Waals surface area contributed by atoms with Crippen LogP contribution in [0, 0.1) is 5.41 Å². The van der Waals surface area contributed by atoms with E-state index in [0.29, 0.717) is 26.4 Å². The molecule has 0 heterocycles. The summed E-state index contributed by atoms with van der Waals surface area (Å²) in [6.45, 7) is 25.2. The number of likely N-dealkylation sites (N-methyl/N-ethyl adjacent to an activating group) is 2. The molecule has 0 aromatic heterocycles. The molecular weight excluding hydrogens is 536 g/mol. The normalized spacial score (nSPS) is 12.3. The van der Waals surface area contributed by atoms with Gasteiger partial charge in [0.2, 0.25) is 0 Å². The summed E-state index contributed by atoms with van der Waals surface area (Å²) in [7, 11) is 0. The number of hydrogen-bond donors (Lipinski definition) is 0. The molecule has 0 saturated heterocycles. The Morgan fingerprint density at radius 1 is 0.349 bits per heavy atom. The summed E-state index contributed by atoms with van der Waals surface area (Å²) in [6.07, 6.45) is 21.1.